The summed E-state index contributed by atoms with van der Waals surface area (Å²) in [7, 11) is 0. The van der Waals surface area contributed by atoms with Gasteiger partial charge in [0.2, 0.25) is 5.91 Å². The summed E-state index contributed by atoms with van der Waals surface area (Å²) in [6, 6.07) is 6.55. The standard InChI is InChI=1S/C14H15Cl2NO3/c1-3-20-11(18)9-5-4-6-10(7-9)17-12(19)13(2)8-14(13,15)16/h4-7H,3,8H2,1-2H3,(H,17,19). The number of esters is 1. The second-order valence-corrected chi connectivity index (χ2v) is 6.45. The molecule has 1 aliphatic rings. The number of alkyl halides is 2. The molecule has 1 saturated carbocycles. The van der Waals surface area contributed by atoms with E-state index in [2.05, 4.69) is 5.32 Å². The zero-order valence-corrected chi connectivity index (χ0v) is 12.7. The fourth-order valence-electron chi connectivity index (χ4n) is 1.85. The minimum absolute atomic E-state index is 0.261. The Hall–Kier alpha value is -1.26. The van der Waals surface area contributed by atoms with E-state index in [1.807, 2.05) is 0 Å². The number of anilines is 1. The number of halogens is 2. The van der Waals surface area contributed by atoms with Gasteiger partial charge in [-0.05, 0) is 38.5 Å². The van der Waals surface area contributed by atoms with Crippen LogP contribution in [-0.4, -0.2) is 22.8 Å². The number of hydrogen-bond donors (Lipinski definition) is 1. The molecule has 1 aliphatic carbocycles. The molecule has 20 heavy (non-hydrogen) atoms. The second-order valence-electron chi connectivity index (χ2n) is 4.97. The molecule has 0 aromatic heterocycles. The van der Waals surface area contributed by atoms with Gasteiger partial charge in [0.25, 0.3) is 0 Å². The van der Waals surface area contributed by atoms with Gasteiger partial charge in [-0.3, -0.25) is 4.79 Å². The molecule has 1 N–H and O–H groups in total. The number of carbonyl (C=O) groups is 2. The third-order valence-electron chi connectivity index (χ3n) is 3.39. The van der Waals surface area contributed by atoms with Crippen molar-refractivity contribution in [2.45, 2.75) is 24.6 Å². The van der Waals surface area contributed by atoms with E-state index in [4.69, 9.17) is 27.9 Å². The summed E-state index contributed by atoms with van der Waals surface area (Å²) in [5.74, 6) is -0.686. The van der Waals surface area contributed by atoms with Crippen LogP contribution >= 0.6 is 23.2 Å². The van der Waals surface area contributed by atoms with Crippen LogP contribution in [0.1, 0.15) is 30.6 Å². The highest BCUT2D eigenvalue weighted by Crippen LogP contribution is 2.64. The topological polar surface area (TPSA) is 55.4 Å². The first kappa shape index (κ1) is 15.1. The van der Waals surface area contributed by atoms with Gasteiger partial charge in [0.1, 0.15) is 4.33 Å². The SMILES string of the molecule is CCOC(=O)c1cccc(NC(=O)C2(C)CC2(Cl)Cl)c1. The summed E-state index contributed by atoms with van der Waals surface area (Å²) in [4.78, 5) is 23.7. The van der Waals surface area contributed by atoms with Crippen LogP contribution < -0.4 is 5.32 Å². The van der Waals surface area contributed by atoms with Crippen molar-refractivity contribution in [1.82, 2.24) is 0 Å². The maximum Gasteiger partial charge on any atom is 0.338 e. The molecule has 0 heterocycles. The first-order valence-corrected chi connectivity index (χ1v) is 7.02. The predicted molar refractivity (Wildman–Crippen MR) is 78.2 cm³/mol. The lowest BCUT2D eigenvalue weighted by molar-refractivity contribution is -0.120. The van der Waals surface area contributed by atoms with Crippen molar-refractivity contribution >= 4 is 40.8 Å². The molecule has 6 heteroatoms. The monoisotopic (exact) mass is 315 g/mol. The Balaban J connectivity index is 2.09. The predicted octanol–water partition coefficient (Wildman–Crippen LogP) is 3.39. The van der Waals surface area contributed by atoms with Crippen LogP contribution in [0.2, 0.25) is 0 Å². The van der Waals surface area contributed by atoms with Crippen molar-refractivity contribution in [1.29, 1.82) is 0 Å². The van der Waals surface area contributed by atoms with Gasteiger partial charge >= 0.3 is 5.97 Å². The zero-order chi connectivity index (χ0) is 15.0. The molecular weight excluding hydrogens is 301 g/mol. The van der Waals surface area contributed by atoms with Crippen molar-refractivity contribution in [3.63, 3.8) is 0 Å². The Morgan fingerprint density at radius 2 is 2.05 bits per heavy atom. The summed E-state index contributed by atoms with van der Waals surface area (Å²) in [6.45, 7) is 3.74. The molecule has 1 amide bonds. The van der Waals surface area contributed by atoms with Crippen molar-refractivity contribution in [2.75, 3.05) is 11.9 Å². The molecule has 0 spiro atoms. The number of carbonyl (C=O) groups excluding carboxylic acids is 2. The van der Waals surface area contributed by atoms with Gasteiger partial charge in [0.15, 0.2) is 0 Å². The van der Waals surface area contributed by atoms with Crippen LogP contribution in [0.5, 0.6) is 0 Å². The third-order valence-corrected chi connectivity index (χ3v) is 4.49. The van der Waals surface area contributed by atoms with Crippen molar-refractivity contribution < 1.29 is 14.3 Å². The van der Waals surface area contributed by atoms with E-state index in [9.17, 15) is 9.59 Å². The lowest BCUT2D eigenvalue weighted by atomic mass is 10.1. The van der Waals surface area contributed by atoms with Crippen molar-refractivity contribution in [3.05, 3.63) is 29.8 Å². The number of ether oxygens (including phenoxy) is 1. The molecule has 0 aliphatic heterocycles. The first-order valence-electron chi connectivity index (χ1n) is 6.26. The van der Waals surface area contributed by atoms with E-state index in [1.165, 1.54) is 0 Å². The van der Waals surface area contributed by atoms with Gasteiger partial charge in [-0.2, -0.15) is 0 Å². The van der Waals surface area contributed by atoms with Gasteiger partial charge in [0.05, 0.1) is 17.6 Å². The fraction of sp³-hybridized carbons (Fsp3) is 0.429. The lowest BCUT2D eigenvalue weighted by Gasteiger charge is -2.13. The highest BCUT2D eigenvalue weighted by Gasteiger charge is 2.67. The normalized spacial score (nSPS) is 23.0. The van der Waals surface area contributed by atoms with E-state index in [0.717, 1.165) is 0 Å². The lowest BCUT2D eigenvalue weighted by Crippen LogP contribution is -2.26. The highest BCUT2D eigenvalue weighted by atomic mass is 35.5. The molecule has 1 unspecified atom stereocenters. The van der Waals surface area contributed by atoms with Crippen LogP contribution in [0.25, 0.3) is 0 Å². The maximum absolute atomic E-state index is 12.1. The highest BCUT2D eigenvalue weighted by molar-refractivity contribution is 6.53. The Morgan fingerprint density at radius 3 is 2.60 bits per heavy atom. The Kier molecular flexibility index (Phi) is 3.98. The van der Waals surface area contributed by atoms with Crippen LogP contribution in [0.4, 0.5) is 5.69 Å². The minimum atomic E-state index is -1.02. The van der Waals surface area contributed by atoms with Crippen LogP contribution in [-0.2, 0) is 9.53 Å². The zero-order valence-electron chi connectivity index (χ0n) is 11.2. The van der Waals surface area contributed by atoms with E-state index in [0.29, 0.717) is 24.3 Å². The first-order chi connectivity index (χ1) is 9.30. The van der Waals surface area contributed by atoms with Gasteiger partial charge in [-0.25, -0.2) is 4.79 Å². The van der Waals surface area contributed by atoms with Crippen molar-refractivity contribution in [3.8, 4) is 0 Å². The number of rotatable bonds is 4. The number of nitrogens with one attached hydrogen (secondary N) is 1. The molecule has 0 bridgehead atoms. The van der Waals surface area contributed by atoms with Crippen molar-refractivity contribution in [2.24, 2.45) is 5.41 Å². The minimum Gasteiger partial charge on any atom is -0.462 e. The molecule has 2 rings (SSSR count). The molecule has 1 aromatic carbocycles. The largest absolute Gasteiger partial charge is 0.462 e. The summed E-state index contributed by atoms with van der Waals surface area (Å²) in [5.41, 5.74) is 0.0992. The Labute approximate surface area is 127 Å². The fourth-order valence-corrected chi connectivity index (χ4v) is 2.56. The van der Waals surface area contributed by atoms with Gasteiger partial charge in [-0.1, -0.05) is 6.07 Å². The smallest absolute Gasteiger partial charge is 0.338 e. The molecule has 1 atom stereocenters. The molecule has 108 valence electrons. The number of amides is 1. The molecule has 4 nitrogen and oxygen atoms in total. The van der Waals surface area contributed by atoms with Crippen LogP contribution in [0.3, 0.4) is 0 Å². The summed E-state index contributed by atoms with van der Waals surface area (Å²) >= 11 is 11.9. The van der Waals surface area contributed by atoms with E-state index < -0.39 is 15.7 Å². The van der Waals surface area contributed by atoms with E-state index in [1.54, 1.807) is 38.1 Å². The Morgan fingerprint density at radius 1 is 1.40 bits per heavy atom. The second kappa shape index (κ2) is 5.26. The molecule has 0 saturated heterocycles. The molecular formula is C14H15Cl2NO3. The number of benzene rings is 1. The average Bonchev–Trinajstić information content (AvgIpc) is 2.90. The maximum atomic E-state index is 12.1. The van der Waals surface area contributed by atoms with Gasteiger partial charge in [-0.15, -0.1) is 23.2 Å². The summed E-state index contributed by atoms with van der Waals surface area (Å²) < 4.78 is 3.89. The summed E-state index contributed by atoms with van der Waals surface area (Å²) in [5, 5.41) is 2.72. The van der Waals surface area contributed by atoms with E-state index in [-0.39, 0.29) is 5.91 Å². The third kappa shape index (κ3) is 2.76. The number of hydrogen-bond acceptors (Lipinski definition) is 3. The van der Waals surface area contributed by atoms with E-state index >= 15 is 0 Å². The molecule has 0 radical (unpaired) electrons. The average molecular weight is 316 g/mol. The van der Waals surface area contributed by atoms with Crippen LogP contribution in [0.15, 0.2) is 24.3 Å². The molecule has 1 aromatic rings. The molecule has 1 fully saturated rings. The van der Waals surface area contributed by atoms with Crippen LogP contribution in [0, 0.1) is 5.41 Å². The van der Waals surface area contributed by atoms with Gasteiger partial charge in [0, 0.05) is 5.69 Å². The van der Waals surface area contributed by atoms with Gasteiger partial charge < -0.3 is 10.1 Å². The summed E-state index contributed by atoms with van der Waals surface area (Å²) in [6.07, 6.45) is 0.409. The Bertz CT molecular complexity index is 559. The quantitative estimate of drug-likeness (QED) is 0.684.